The third-order valence-corrected chi connectivity index (χ3v) is 4.39. The van der Waals surface area contributed by atoms with Gasteiger partial charge in [-0.05, 0) is 43.3 Å². The summed E-state index contributed by atoms with van der Waals surface area (Å²) in [6, 6.07) is 9.61. The average molecular weight is 275 g/mol. The van der Waals surface area contributed by atoms with Crippen LogP contribution in [0.25, 0.3) is 0 Å². The Morgan fingerprint density at radius 1 is 1.25 bits per heavy atom. The Balaban J connectivity index is 2.11. The summed E-state index contributed by atoms with van der Waals surface area (Å²) in [5, 5.41) is 0. The fourth-order valence-corrected chi connectivity index (χ4v) is 3.09. The molecule has 4 heteroatoms. The van der Waals surface area contributed by atoms with Gasteiger partial charge in [-0.25, -0.2) is 5.84 Å². The topological polar surface area (TPSA) is 58.4 Å². The fourth-order valence-electron chi connectivity index (χ4n) is 3.09. The van der Waals surface area contributed by atoms with E-state index in [1.54, 1.807) is 0 Å². The molecule has 1 heterocycles. The molecule has 1 saturated heterocycles. The SMILES string of the molecule is CC(C)C1CCN(C(C(=O)NN)c2ccccc2)CC1. The van der Waals surface area contributed by atoms with Gasteiger partial charge < -0.3 is 0 Å². The number of nitrogens with one attached hydrogen (secondary N) is 1. The summed E-state index contributed by atoms with van der Waals surface area (Å²) in [6.45, 7) is 6.47. The summed E-state index contributed by atoms with van der Waals surface area (Å²) in [6.07, 6.45) is 2.30. The second-order valence-electron chi connectivity index (χ2n) is 5.94. The van der Waals surface area contributed by atoms with Crippen molar-refractivity contribution in [2.75, 3.05) is 13.1 Å². The highest BCUT2D eigenvalue weighted by Crippen LogP contribution is 2.30. The van der Waals surface area contributed by atoms with E-state index in [0.29, 0.717) is 0 Å². The first-order valence-corrected chi connectivity index (χ1v) is 7.43. The average Bonchev–Trinajstić information content (AvgIpc) is 2.49. The number of hydrogen-bond donors (Lipinski definition) is 2. The lowest BCUT2D eigenvalue weighted by atomic mass is 9.86. The summed E-state index contributed by atoms with van der Waals surface area (Å²) in [5.74, 6) is 6.73. The van der Waals surface area contributed by atoms with Gasteiger partial charge in [-0.3, -0.25) is 15.1 Å². The molecule has 1 unspecified atom stereocenters. The molecule has 1 amide bonds. The number of hydrazine groups is 1. The number of piperidine rings is 1. The zero-order chi connectivity index (χ0) is 14.5. The molecule has 0 spiro atoms. The van der Waals surface area contributed by atoms with E-state index < -0.39 is 0 Å². The van der Waals surface area contributed by atoms with Crippen molar-refractivity contribution < 1.29 is 4.79 Å². The minimum absolute atomic E-state index is 0.126. The van der Waals surface area contributed by atoms with E-state index in [9.17, 15) is 4.79 Å². The van der Waals surface area contributed by atoms with Crippen molar-refractivity contribution in [3.8, 4) is 0 Å². The van der Waals surface area contributed by atoms with Crippen LogP contribution in [0.1, 0.15) is 38.3 Å². The lowest BCUT2D eigenvalue weighted by Gasteiger charge is -2.38. The minimum Gasteiger partial charge on any atom is -0.293 e. The van der Waals surface area contributed by atoms with Crippen molar-refractivity contribution in [1.82, 2.24) is 10.3 Å². The summed E-state index contributed by atoms with van der Waals surface area (Å²) < 4.78 is 0. The molecule has 0 aromatic heterocycles. The molecule has 1 fully saturated rings. The van der Waals surface area contributed by atoms with Gasteiger partial charge >= 0.3 is 0 Å². The first kappa shape index (κ1) is 15.0. The molecule has 20 heavy (non-hydrogen) atoms. The number of rotatable bonds is 4. The van der Waals surface area contributed by atoms with Crippen molar-refractivity contribution in [2.24, 2.45) is 17.7 Å². The number of benzene rings is 1. The van der Waals surface area contributed by atoms with Gasteiger partial charge in [0.05, 0.1) is 0 Å². The maximum absolute atomic E-state index is 12.1. The number of carbonyl (C=O) groups is 1. The number of carbonyl (C=O) groups excluding carboxylic acids is 1. The molecule has 1 aromatic carbocycles. The number of hydrogen-bond acceptors (Lipinski definition) is 3. The maximum atomic E-state index is 12.1. The second-order valence-corrected chi connectivity index (χ2v) is 5.94. The molecule has 0 aliphatic carbocycles. The second kappa shape index (κ2) is 6.86. The van der Waals surface area contributed by atoms with E-state index in [1.807, 2.05) is 30.3 Å². The standard InChI is InChI=1S/C16H25N3O/c1-12(2)13-8-10-19(11-9-13)15(16(20)18-17)14-6-4-3-5-7-14/h3-7,12-13,15H,8-11,17H2,1-2H3,(H,18,20). The molecule has 2 rings (SSSR count). The third-order valence-electron chi connectivity index (χ3n) is 4.39. The van der Waals surface area contributed by atoms with Crippen molar-refractivity contribution in [1.29, 1.82) is 0 Å². The van der Waals surface area contributed by atoms with Gasteiger partial charge in [-0.1, -0.05) is 44.2 Å². The minimum atomic E-state index is -0.269. The molecular formula is C16H25N3O. The number of likely N-dealkylation sites (tertiary alicyclic amines) is 1. The van der Waals surface area contributed by atoms with Crippen LogP contribution in [0.3, 0.4) is 0 Å². The maximum Gasteiger partial charge on any atom is 0.255 e. The van der Waals surface area contributed by atoms with Crippen molar-refractivity contribution >= 4 is 5.91 Å². The van der Waals surface area contributed by atoms with Gasteiger partial charge in [-0.15, -0.1) is 0 Å². The van der Waals surface area contributed by atoms with E-state index in [2.05, 4.69) is 24.2 Å². The lowest BCUT2D eigenvalue weighted by molar-refractivity contribution is -0.127. The predicted molar refractivity (Wildman–Crippen MR) is 80.6 cm³/mol. The predicted octanol–water partition coefficient (Wildman–Crippen LogP) is 2.09. The van der Waals surface area contributed by atoms with E-state index in [4.69, 9.17) is 5.84 Å². The summed E-state index contributed by atoms with van der Waals surface area (Å²) in [5.41, 5.74) is 3.33. The molecule has 4 nitrogen and oxygen atoms in total. The van der Waals surface area contributed by atoms with Crippen LogP contribution in [-0.4, -0.2) is 23.9 Å². The van der Waals surface area contributed by atoms with Crippen molar-refractivity contribution in [3.05, 3.63) is 35.9 Å². The van der Waals surface area contributed by atoms with Gasteiger partial charge in [0.2, 0.25) is 0 Å². The molecule has 110 valence electrons. The molecule has 1 aliphatic heterocycles. The van der Waals surface area contributed by atoms with E-state index in [1.165, 1.54) is 0 Å². The van der Waals surface area contributed by atoms with Crippen molar-refractivity contribution in [3.63, 3.8) is 0 Å². The molecule has 0 saturated carbocycles. The Labute approximate surface area is 121 Å². The van der Waals surface area contributed by atoms with Crippen LogP contribution in [0.4, 0.5) is 0 Å². The smallest absolute Gasteiger partial charge is 0.255 e. The summed E-state index contributed by atoms with van der Waals surface area (Å²) >= 11 is 0. The van der Waals surface area contributed by atoms with Crippen LogP contribution < -0.4 is 11.3 Å². The van der Waals surface area contributed by atoms with Gasteiger partial charge in [0.1, 0.15) is 6.04 Å². The highest BCUT2D eigenvalue weighted by atomic mass is 16.2. The Morgan fingerprint density at radius 2 is 1.85 bits per heavy atom. The number of nitrogens with zero attached hydrogens (tertiary/aromatic N) is 1. The molecule has 3 N–H and O–H groups in total. The van der Waals surface area contributed by atoms with Gasteiger partial charge in [0.15, 0.2) is 0 Å². The molecule has 1 aliphatic rings. The van der Waals surface area contributed by atoms with Crippen LogP contribution >= 0.6 is 0 Å². The Hall–Kier alpha value is -1.39. The largest absolute Gasteiger partial charge is 0.293 e. The molecule has 0 radical (unpaired) electrons. The van der Waals surface area contributed by atoms with E-state index in [0.717, 1.165) is 43.3 Å². The Bertz CT molecular complexity index is 425. The summed E-state index contributed by atoms with van der Waals surface area (Å²) in [4.78, 5) is 14.4. The molecule has 1 aromatic rings. The van der Waals surface area contributed by atoms with Crippen LogP contribution in [0.2, 0.25) is 0 Å². The monoisotopic (exact) mass is 275 g/mol. The van der Waals surface area contributed by atoms with Crippen LogP contribution in [0.15, 0.2) is 30.3 Å². The van der Waals surface area contributed by atoms with E-state index in [-0.39, 0.29) is 11.9 Å². The van der Waals surface area contributed by atoms with Crippen LogP contribution in [0.5, 0.6) is 0 Å². The molecule has 0 bridgehead atoms. The van der Waals surface area contributed by atoms with Crippen LogP contribution in [-0.2, 0) is 4.79 Å². The Morgan fingerprint density at radius 3 is 2.35 bits per heavy atom. The normalized spacial score (nSPS) is 19.0. The first-order valence-electron chi connectivity index (χ1n) is 7.43. The van der Waals surface area contributed by atoms with Crippen LogP contribution in [0, 0.1) is 11.8 Å². The third kappa shape index (κ3) is 3.38. The van der Waals surface area contributed by atoms with Gasteiger partial charge in [0, 0.05) is 0 Å². The van der Waals surface area contributed by atoms with Crippen molar-refractivity contribution in [2.45, 2.75) is 32.7 Å². The lowest BCUT2D eigenvalue weighted by Crippen LogP contribution is -2.46. The zero-order valence-corrected chi connectivity index (χ0v) is 12.4. The zero-order valence-electron chi connectivity index (χ0n) is 12.4. The Kier molecular flexibility index (Phi) is 5.15. The van der Waals surface area contributed by atoms with E-state index >= 15 is 0 Å². The summed E-state index contributed by atoms with van der Waals surface area (Å²) in [7, 11) is 0. The quantitative estimate of drug-likeness (QED) is 0.502. The number of nitrogens with two attached hydrogens (primary N) is 1. The molecule has 1 atom stereocenters. The van der Waals surface area contributed by atoms with Gasteiger partial charge in [-0.2, -0.15) is 0 Å². The first-order chi connectivity index (χ1) is 9.63. The number of amides is 1. The highest BCUT2D eigenvalue weighted by Gasteiger charge is 2.31. The highest BCUT2D eigenvalue weighted by molar-refractivity contribution is 5.82. The molecular weight excluding hydrogens is 250 g/mol. The van der Waals surface area contributed by atoms with Gasteiger partial charge in [0.25, 0.3) is 5.91 Å². The fraction of sp³-hybridized carbons (Fsp3) is 0.562.